The van der Waals surface area contributed by atoms with E-state index < -0.39 is 11.7 Å². The predicted octanol–water partition coefficient (Wildman–Crippen LogP) is 4.63. The van der Waals surface area contributed by atoms with E-state index in [0.29, 0.717) is 13.1 Å². The van der Waals surface area contributed by atoms with Gasteiger partial charge in [-0.25, -0.2) is 9.48 Å². The first-order valence-electron chi connectivity index (χ1n) is 9.28. The van der Waals surface area contributed by atoms with Crippen LogP contribution in [0.3, 0.4) is 0 Å². The molecule has 0 saturated heterocycles. The van der Waals surface area contributed by atoms with Crippen LogP contribution in [-0.2, 0) is 4.74 Å². The van der Waals surface area contributed by atoms with Gasteiger partial charge < -0.3 is 15.4 Å². The molecule has 8 heteroatoms. The third kappa shape index (κ3) is 6.05. The zero-order chi connectivity index (χ0) is 20.9. The number of hydrogen-bond acceptors (Lipinski definition) is 5. The lowest BCUT2D eigenvalue weighted by Crippen LogP contribution is -2.34. The molecule has 152 valence electrons. The van der Waals surface area contributed by atoms with Crippen molar-refractivity contribution in [2.75, 3.05) is 18.4 Å². The Bertz CT molecular complexity index is 949. The number of carbonyl (C=O) groups is 1. The summed E-state index contributed by atoms with van der Waals surface area (Å²) in [6.07, 6.45) is 5.02. The van der Waals surface area contributed by atoms with Crippen molar-refractivity contribution in [3.63, 3.8) is 0 Å². The van der Waals surface area contributed by atoms with E-state index in [1.807, 2.05) is 68.0 Å². The molecule has 0 aliphatic rings. The summed E-state index contributed by atoms with van der Waals surface area (Å²) >= 11 is 3.58. The fraction of sp³-hybridized carbons (Fsp3) is 0.286. The second kappa shape index (κ2) is 9.09. The minimum atomic E-state index is -0.494. The third-order valence-electron chi connectivity index (χ3n) is 3.88. The molecule has 1 aromatic carbocycles. The third-order valence-corrected chi connectivity index (χ3v) is 4.46. The fourth-order valence-electron chi connectivity index (χ4n) is 2.61. The van der Waals surface area contributed by atoms with Crippen molar-refractivity contribution in [2.24, 2.45) is 0 Å². The Balaban J connectivity index is 1.55. The Labute approximate surface area is 178 Å². The number of hydrogen-bond donors (Lipinski definition) is 2. The molecule has 7 nitrogen and oxygen atoms in total. The second-order valence-electron chi connectivity index (χ2n) is 7.41. The maximum absolute atomic E-state index is 11.6. The van der Waals surface area contributed by atoms with Gasteiger partial charge in [0, 0.05) is 42.9 Å². The molecule has 0 aliphatic carbocycles. The highest BCUT2D eigenvalue weighted by Crippen LogP contribution is 2.27. The number of nitrogens with one attached hydrogen (secondary N) is 2. The van der Waals surface area contributed by atoms with E-state index in [2.05, 4.69) is 36.6 Å². The van der Waals surface area contributed by atoms with Gasteiger partial charge in [0.2, 0.25) is 0 Å². The molecule has 2 N–H and O–H groups in total. The number of aromatic nitrogens is 3. The van der Waals surface area contributed by atoms with Crippen LogP contribution in [0.25, 0.3) is 16.9 Å². The number of halogens is 1. The van der Waals surface area contributed by atoms with Crippen LogP contribution in [0.2, 0.25) is 0 Å². The molecule has 0 saturated carbocycles. The number of amides is 1. The van der Waals surface area contributed by atoms with Gasteiger partial charge in [0.25, 0.3) is 0 Å². The second-order valence-corrected chi connectivity index (χ2v) is 8.26. The summed E-state index contributed by atoms with van der Waals surface area (Å²) in [5.74, 6) is 0. The normalized spacial score (nSPS) is 11.2. The van der Waals surface area contributed by atoms with E-state index in [9.17, 15) is 4.79 Å². The summed E-state index contributed by atoms with van der Waals surface area (Å²) in [5, 5.41) is 10.7. The van der Waals surface area contributed by atoms with Gasteiger partial charge in [-0.05, 0) is 73.1 Å². The van der Waals surface area contributed by atoms with Crippen molar-refractivity contribution in [1.82, 2.24) is 20.1 Å². The highest BCUT2D eigenvalue weighted by molar-refractivity contribution is 9.10. The maximum atomic E-state index is 11.6. The van der Waals surface area contributed by atoms with E-state index in [4.69, 9.17) is 4.74 Å². The number of rotatable bonds is 6. The molecule has 0 unspecified atom stereocenters. The van der Waals surface area contributed by atoms with Gasteiger partial charge in [-0.3, -0.25) is 4.98 Å². The molecule has 0 spiro atoms. The maximum Gasteiger partial charge on any atom is 0.407 e. The van der Waals surface area contributed by atoms with Crippen LogP contribution in [0, 0.1) is 0 Å². The molecule has 0 atom stereocenters. The summed E-state index contributed by atoms with van der Waals surface area (Å²) < 4.78 is 7.95. The number of anilines is 1. The fourth-order valence-corrected chi connectivity index (χ4v) is 3.11. The standard InChI is InChI=1S/C21H24BrN5O2/c1-21(2,3)29-20(28)25-13-12-24-16-4-6-17(7-5-16)27-14-18(22)19(26-27)15-8-10-23-11-9-15/h4-11,14,24H,12-13H2,1-3H3,(H,25,28). The average Bonchev–Trinajstić information content (AvgIpc) is 3.07. The monoisotopic (exact) mass is 457 g/mol. The van der Waals surface area contributed by atoms with E-state index in [1.165, 1.54) is 0 Å². The van der Waals surface area contributed by atoms with E-state index in [-0.39, 0.29) is 0 Å². The molecule has 0 radical (unpaired) electrons. The molecule has 0 aliphatic heterocycles. The van der Waals surface area contributed by atoms with E-state index >= 15 is 0 Å². The summed E-state index contributed by atoms with van der Waals surface area (Å²) in [6.45, 7) is 6.58. The van der Waals surface area contributed by atoms with Crippen molar-refractivity contribution < 1.29 is 9.53 Å². The number of benzene rings is 1. The number of nitrogens with zero attached hydrogens (tertiary/aromatic N) is 3. The zero-order valence-corrected chi connectivity index (χ0v) is 18.2. The Morgan fingerprint density at radius 3 is 2.45 bits per heavy atom. The van der Waals surface area contributed by atoms with Gasteiger partial charge in [-0.2, -0.15) is 5.10 Å². The van der Waals surface area contributed by atoms with Gasteiger partial charge in [-0.15, -0.1) is 0 Å². The highest BCUT2D eigenvalue weighted by atomic mass is 79.9. The van der Waals surface area contributed by atoms with Crippen molar-refractivity contribution in [2.45, 2.75) is 26.4 Å². The quantitative estimate of drug-likeness (QED) is 0.527. The van der Waals surface area contributed by atoms with Crippen molar-refractivity contribution in [3.8, 4) is 16.9 Å². The molecule has 0 bridgehead atoms. The highest BCUT2D eigenvalue weighted by Gasteiger charge is 2.15. The average molecular weight is 458 g/mol. The number of pyridine rings is 1. The SMILES string of the molecule is CC(C)(C)OC(=O)NCCNc1ccc(-n2cc(Br)c(-c3ccncc3)n2)cc1. The lowest BCUT2D eigenvalue weighted by Gasteiger charge is -2.19. The summed E-state index contributed by atoms with van der Waals surface area (Å²) in [4.78, 5) is 15.7. The van der Waals surface area contributed by atoms with Gasteiger partial charge in [0.1, 0.15) is 11.3 Å². The van der Waals surface area contributed by atoms with Crippen LogP contribution in [-0.4, -0.2) is 39.5 Å². The lowest BCUT2D eigenvalue weighted by atomic mass is 10.2. The molecule has 2 heterocycles. The zero-order valence-electron chi connectivity index (χ0n) is 16.6. The summed E-state index contributed by atoms with van der Waals surface area (Å²) in [7, 11) is 0. The smallest absolute Gasteiger partial charge is 0.407 e. The molecular formula is C21H24BrN5O2. The van der Waals surface area contributed by atoms with Gasteiger partial charge in [-0.1, -0.05) is 0 Å². The topological polar surface area (TPSA) is 81.1 Å². The molecule has 3 aromatic rings. The van der Waals surface area contributed by atoms with Crippen LogP contribution in [0.1, 0.15) is 20.8 Å². The minimum absolute atomic E-state index is 0.413. The van der Waals surface area contributed by atoms with Crippen molar-refractivity contribution >= 4 is 27.7 Å². The lowest BCUT2D eigenvalue weighted by molar-refractivity contribution is 0.0530. The first-order valence-corrected chi connectivity index (χ1v) is 10.1. The Morgan fingerprint density at radius 2 is 1.79 bits per heavy atom. The van der Waals surface area contributed by atoms with Crippen molar-refractivity contribution in [1.29, 1.82) is 0 Å². The summed E-state index contributed by atoms with van der Waals surface area (Å²) in [5.41, 5.74) is 3.28. The molecule has 0 fully saturated rings. The Kier molecular flexibility index (Phi) is 6.53. The van der Waals surface area contributed by atoms with Crippen LogP contribution >= 0.6 is 15.9 Å². The van der Waals surface area contributed by atoms with Crippen LogP contribution in [0.5, 0.6) is 0 Å². The first-order chi connectivity index (χ1) is 13.8. The number of ether oxygens (including phenoxy) is 1. The Hall–Kier alpha value is -2.87. The number of carbonyl (C=O) groups excluding carboxylic acids is 1. The Morgan fingerprint density at radius 1 is 1.10 bits per heavy atom. The number of alkyl carbamates (subject to hydrolysis) is 1. The molecular weight excluding hydrogens is 434 g/mol. The molecule has 29 heavy (non-hydrogen) atoms. The minimum Gasteiger partial charge on any atom is -0.444 e. The van der Waals surface area contributed by atoms with Crippen molar-refractivity contribution in [3.05, 3.63) is 59.5 Å². The van der Waals surface area contributed by atoms with Crippen LogP contribution in [0.15, 0.2) is 59.5 Å². The largest absolute Gasteiger partial charge is 0.444 e. The predicted molar refractivity (Wildman–Crippen MR) is 117 cm³/mol. The van der Waals surface area contributed by atoms with Gasteiger partial charge in [0.15, 0.2) is 0 Å². The van der Waals surface area contributed by atoms with E-state index in [0.717, 1.165) is 27.1 Å². The van der Waals surface area contributed by atoms with Crippen LogP contribution < -0.4 is 10.6 Å². The van der Waals surface area contributed by atoms with Gasteiger partial charge >= 0.3 is 6.09 Å². The first kappa shape index (κ1) is 20.9. The van der Waals surface area contributed by atoms with Gasteiger partial charge in [0.05, 0.1) is 10.2 Å². The van der Waals surface area contributed by atoms with E-state index in [1.54, 1.807) is 12.4 Å². The van der Waals surface area contributed by atoms with Crippen LogP contribution in [0.4, 0.5) is 10.5 Å². The summed E-state index contributed by atoms with van der Waals surface area (Å²) in [6, 6.07) is 11.8. The molecule has 1 amide bonds. The molecule has 2 aromatic heterocycles. The molecule has 3 rings (SSSR count).